The second-order valence-electron chi connectivity index (χ2n) is 11.7. The maximum atomic E-state index is 12.3. The third-order valence-corrected chi connectivity index (χ3v) is 8.99. The third kappa shape index (κ3) is 19.6. The van der Waals surface area contributed by atoms with Gasteiger partial charge in [0, 0.05) is 6.54 Å². The van der Waals surface area contributed by atoms with E-state index in [0.717, 1.165) is 37.7 Å². The normalized spacial score (nSPS) is 11.8. The Kier molecular flexibility index (Phi) is 22.8. The number of rotatable bonds is 28. The highest BCUT2D eigenvalue weighted by Crippen LogP contribution is 2.26. The zero-order valence-corrected chi connectivity index (χ0v) is 26.6. The van der Waals surface area contributed by atoms with E-state index < -0.39 is 10.3 Å². The lowest BCUT2D eigenvalue weighted by Gasteiger charge is -2.23. The predicted octanol–water partition coefficient (Wildman–Crippen LogP) is 11.2. The molecular formula is C34H63NO3S. The van der Waals surface area contributed by atoms with Crippen molar-refractivity contribution in [2.45, 2.75) is 174 Å². The molecular weight excluding hydrogens is 502 g/mol. The molecule has 0 saturated heterocycles. The van der Waals surface area contributed by atoms with Gasteiger partial charge in [-0.2, -0.15) is 8.42 Å². The monoisotopic (exact) mass is 565 g/mol. The lowest BCUT2D eigenvalue weighted by Crippen LogP contribution is -2.32. The summed E-state index contributed by atoms with van der Waals surface area (Å²) in [7, 11) is -4.28. The topological polar surface area (TPSA) is 57.6 Å². The van der Waals surface area contributed by atoms with E-state index in [4.69, 9.17) is 0 Å². The molecule has 1 rings (SSSR count). The first kappa shape index (κ1) is 36.0. The van der Waals surface area contributed by atoms with Gasteiger partial charge < -0.3 is 0 Å². The molecule has 0 unspecified atom stereocenters. The van der Waals surface area contributed by atoms with Crippen LogP contribution in [0.1, 0.15) is 174 Å². The molecule has 0 atom stereocenters. The molecule has 0 radical (unpaired) electrons. The van der Waals surface area contributed by atoms with Gasteiger partial charge in [-0.1, -0.05) is 173 Å². The number of hydrogen-bond donors (Lipinski definition) is 1. The molecule has 0 amide bonds. The van der Waals surface area contributed by atoms with E-state index >= 15 is 0 Å². The Balaban J connectivity index is 2.28. The highest BCUT2D eigenvalue weighted by molar-refractivity contribution is 7.87. The van der Waals surface area contributed by atoms with Gasteiger partial charge in [-0.25, -0.2) is 4.31 Å². The Morgan fingerprint density at radius 1 is 0.538 bits per heavy atom. The number of anilines is 1. The van der Waals surface area contributed by atoms with Gasteiger partial charge in [0.25, 0.3) is 0 Å². The van der Waals surface area contributed by atoms with Gasteiger partial charge >= 0.3 is 10.3 Å². The summed E-state index contributed by atoms with van der Waals surface area (Å²) >= 11 is 0. The molecule has 0 aromatic heterocycles. The summed E-state index contributed by atoms with van der Waals surface area (Å²) in [5.74, 6) is 0. The molecule has 0 saturated carbocycles. The predicted molar refractivity (Wildman–Crippen MR) is 171 cm³/mol. The summed E-state index contributed by atoms with van der Waals surface area (Å²) in [6, 6.07) is 7.73. The molecule has 0 aliphatic rings. The Hall–Kier alpha value is -1.07. The molecule has 0 heterocycles. The summed E-state index contributed by atoms with van der Waals surface area (Å²) in [5.41, 5.74) is 1.69. The van der Waals surface area contributed by atoms with Crippen LogP contribution in [0.4, 0.5) is 5.69 Å². The first-order chi connectivity index (χ1) is 19.0. The van der Waals surface area contributed by atoms with Crippen LogP contribution >= 0.6 is 0 Å². The van der Waals surface area contributed by atoms with Crippen molar-refractivity contribution in [2.75, 3.05) is 10.8 Å². The third-order valence-electron chi connectivity index (χ3n) is 8.05. The summed E-state index contributed by atoms with van der Waals surface area (Å²) in [4.78, 5) is 0. The fourth-order valence-corrected chi connectivity index (χ4v) is 6.36. The van der Waals surface area contributed by atoms with Gasteiger partial charge in [-0.15, -0.1) is 0 Å². The zero-order chi connectivity index (χ0) is 28.4. The molecule has 0 aliphatic heterocycles. The summed E-state index contributed by atoms with van der Waals surface area (Å²) < 4.78 is 35.8. The molecule has 0 aliphatic carbocycles. The number of aryl methyl sites for hydroxylation is 1. The van der Waals surface area contributed by atoms with Gasteiger partial charge in [0.1, 0.15) is 0 Å². The molecule has 4 nitrogen and oxygen atoms in total. The number of benzene rings is 1. The average Bonchev–Trinajstić information content (AvgIpc) is 2.91. The smallest absolute Gasteiger partial charge is 0.269 e. The maximum Gasteiger partial charge on any atom is 0.359 e. The minimum Gasteiger partial charge on any atom is -0.269 e. The van der Waals surface area contributed by atoms with Crippen LogP contribution in [0.15, 0.2) is 24.3 Å². The van der Waals surface area contributed by atoms with Crippen molar-refractivity contribution >= 4 is 16.0 Å². The van der Waals surface area contributed by atoms with E-state index in [-0.39, 0.29) is 0 Å². The van der Waals surface area contributed by atoms with Crippen molar-refractivity contribution < 1.29 is 13.0 Å². The van der Waals surface area contributed by atoms with Crippen molar-refractivity contribution in [3.8, 4) is 0 Å². The van der Waals surface area contributed by atoms with Gasteiger partial charge in [0.15, 0.2) is 0 Å². The number of nitrogens with zero attached hydrogens (tertiary/aromatic N) is 1. The minimum atomic E-state index is -4.28. The van der Waals surface area contributed by atoms with Crippen molar-refractivity contribution in [1.29, 1.82) is 0 Å². The van der Waals surface area contributed by atoms with Crippen LogP contribution in [-0.4, -0.2) is 19.5 Å². The number of para-hydroxylation sites is 1. The van der Waals surface area contributed by atoms with Crippen LogP contribution in [0.2, 0.25) is 0 Å². The molecule has 1 N–H and O–H groups in total. The second kappa shape index (κ2) is 24.7. The van der Waals surface area contributed by atoms with Gasteiger partial charge in [0.2, 0.25) is 0 Å². The average molecular weight is 566 g/mol. The SMILES string of the molecule is CCCCCCCCCCCCCCc1ccccc1N(CCCCCCCCCCCCCC)S(=O)(=O)O. The first-order valence-electron chi connectivity index (χ1n) is 16.8. The van der Waals surface area contributed by atoms with Crippen molar-refractivity contribution in [2.24, 2.45) is 0 Å². The molecule has 0 fully saturated rings. The molecule has 0 bridgehead atoms. The van der Waals surface area contributed by atoms with Crippen LogP contribution in [0.5, 0.6) is 0 Å². The van der Waals surface area contributed by atoms with E-state index in [2.05, 4.69) is 13.8 Å². The number of hydrogen-bond acceptors (Lipinski definition) is 2. The van der Waals surface area contributed by atoms with Crippen LogP contribution in [0.25, 0.3) is 0 Å². The zero-order valence-electron chi connectivity index (χ0n) is 25.8. The molecule has 5 heteroatoms. The Morgan fingerprint density at radius 3 is 1.31 bits per heavy atom. The van der Waals surface area contributed by atoms with Crippen molar-refractivity contribution in [3.63, 3.8) is 0 Å². The van der Waals surface area contributed by atoms with E-state index in [9.17, 15) is 13.0 Å². The number of unbranched alkanes of at least 4 members (excludes halogenated alkanes) is 22. The Morgan fingerprint density at radius 2 is 0.897 bits per heavy atom. The van der Waals surface area contributed by atoms with Crippen molar-refractivity contribution in [1.82, 2.24) is 0 Å². The van der Waals surface area contributed by atoms with E-state index in [0.29, 0.717) is 12.2 Å². The second-order valence-corrected chi connectivity index (χ2v) is 13.0. The lowest BCUT2D eigenvalue weighted by molar-refractivity contribution is 0.475. The Bertz CT molecular complexity index is 780. The van der Waals surface area contributed by atoms with Gasteiger partial charge in [-0.3, -0.25) is 4.55 Å². The lowest BCUT2D eigenvalue weighted by atomic mass is 10.0. The van der Waals surface area contributed by atoms with E-state index in [1.165, 1.54) is 133 Å². The van der Waals surface area contributed by atoms with Crippen LogP contribution in [0, 0.1) is 0 Å². The molecule has 1 aromatic carbocycles. The molecule has 228 valence electrons. The Labute approximate surface area is 243 Å². The highest BCUT2D eigenvalue weighted by atomic mass is 32.2. The summed E-state index contributed by atoms with van der Waals surface area (Å²) in [6.45, 7) is 4.88. The van der Waals surface area contributed by atoms with Crippen molar-refractivity contribution in [3.05, 3.63) is 29.8 Å². The quantitative estimate of drug-likeness (QED) is 0.0812. The molecule has 39 heavy (non-hydrogen) atoms. The largest absolute Gasteiger partial charge is 0.359 e. The standard InChI is InChI=1S/C34H63NO3S/c1-3-5-7-9-11-13-15-17-19-21-23-25-29-33-30-26-27-31-34(33)35(39(36,37)38)32-28-24-22-20-18-16-14-12-10-8-6-4-2/h26-27,30-31H,3-25,28-29,32H2,1-2H3,(H,36,37,38). The van der Waals surface area contributed by atoms with E-state index in [1.807, 2.05) is 24.3 Å². The fourth-order valence-electron chi connectivity index (χ4n) is 5.58. The molecule has 1 aromatic rings. The van der Waals surface area contributed by atoms with Crippen LogP contribution in [-0.2, 0) is 16.7 Å². The fraction of sp³-hybridized carbons (Fsp3) is 0.824. The molecule has 0 spiro atoms. The van der Waals surface area contributed by atoms with Crippen LogP contribution < -0.4 is 4.31 Å². The summed E-state index contributed by atoms with van der Waals surface area (Å²) in [5, 5.41) is 0. The first-order valence-corrected chi connectivity index (χ1v) is 18.2. The summed E-state index contributed by atoms with van der Waals surface area (Å²) in [6.07, 6.45) is 31.4. The maximum absolute atomic E-state index is 12.3. The van der Waals surface area contributed by atoms with E-state index in [1.54, 1.807) is 0 Å². The van der Waals surface area contributed by atoms with Crippen LogP contribution in [0.3, 0.4) is 0 Å². The minimum absolute atomic E-state index is 0.353. The van der Waals surface area contributed by atoms with Gasteiger partial charge in [-0.05, 0) is 30.9 Å². The van der Waals surface area contributed by atoms with Gasteiger partial charge in [0.05, 0.1) is 5.69 Å². The highest BCUT2D eigenvalue weighted by Gasteiger charge is 2.21.